The molecule has 114 valence electrons. The lowest BCUT2D eigenvalue weighted by Crippen LogP contribution is -2.43. The van der Waals surface area contributed by atoms with Crippen molar-refractivity contribution in [1.82, 2.24) is 5.32 Å². The van der Waals surface area contributed by atoms with Gasteiger partial charge in [0.15, 0.2) is 0 Å². The highest BCUT2D eigenvalue weighted by atomic mass is 32.1. The molecule has 1 unspecified atom stereocenters. The van der Waals surface area contributed by atoms with E-state index in [1.54, 1.807) is 11.3 Å². The summed E-state index contributed by atoms with van der Waals surface area (Å²) in [5.41, 5.74) is -0.497. The summed E-state index contributed by atoms with van der Waals surface area (Å²) < 4.78 is 0. The fourth-order valence-corrected chi connectivity index (χ4v) is 4.65. The molecule has 1 saturated carbocycles. The molecule has 2 heterocycles. The van der Waals surface area contributed by atoms with Gasteiger partial charge >= 0.3 is 0 Å². The van der Waals surface area contributed by atoms with E-state index in [9.17, 15) is 5.11 Å². The van der Waals surface area contributed by atoms with Crippen LogP contribution in [-0.2, 0) is 6.42 Å². The molecule has 2 nitrogen and oxygen atoms in total. The first-order valence-corrected chi connectivity index (χ1v) is 9.53. The minimum Gasteiger partial charge on any atom is -0.389 e. The maximum absolute atomic E-state index is 10.7. The molecule has 0 saturated heterocycles. The normalized spacial score (nSPS) is 19.5. The summed E-state index contributed by atoms with van der Waals surface area (Å²) in [6.45, 7) is 0.709. The molecule has 3 rings (SSSR count). The second-order valence-electron chi connectivity index (χ2n) is 6.02. The molecule has 2 aromatic rings. The molecule has 2 N–H and O–H groups in total. The largest absolute Gasteiger partial charge is 0.389 e. The zero-order valence-corrected chi connectivity index (χ0v) is 13.9. The summed E-state index contributed by atoms with van der Waals surface area (Å²) in [6, 6.07) is 8.93. The van der Waals surface area contributed by atoms with E-state index >= 15 is 0 Å². The third kappa shape index (κ3) is 4.16. The molecule has 0 aliphatic heterocycles. The van der Waals surface area contributed by atoms with Gasteiger partial charge in [0, 0.05) is 28.8 Å². The van der Waals surface area contributed by atoms with Gasteiger partial charge in [-0.3, -0.25) is 0 Å². The fraction of sp³-hybridized carbons (Fsp3) is 0.529. The molecule has 0 spiro atoms. The predicted octanol–water partition coefficient (Wildman–Crippen LogP) is 4.38. The van der Waals surface area contributed by atoms with Crippen LogP contribution in [-0.4, -0.2) is 17.3 Å². The second kappa shape index (κ2) is 7.05. The molecule has 4 heteroatoms. The molecule has 0 radical (unpaired) electrons. The van der Waals surface area contributed by atoms with Crippen LogP contribution in [0.1, 0.15) is 47.9 Å². The Hall–Kier alpha value is -0.680. The Balaban J connectivity index is 1.64. The van der Waals surface area contributed by atoms with Gasteiger partial charge in [-0.15, -0.1) is 22.7 Å². The van der Waals surface area contributed by atoms with E-state index in [1.165, 1.54) is 16.2 Å². The molecule has 21 heavy (non-hydrogen) atoms. The average Bonchev–Trinajstić information content (AvgIpc) is 3.17. The molecule has 2 aromatic heterocycles. The number of rotatable bonds is 6. The van der Waals surface area contributed by atoms with Crippen LogP contribution in [0.25, 0.3) is 0 Å². The van der Waals surface area contributed by atoms with Gasteiger partial charge in [-0.2, -0.15) is 0 Å². The van der Waals surface area contributed by atoms with Crippen LogP contribution in [0.4, 0.5) is 0 Å². The van der Waals surface area contributed by atoms with Gasteiger partial charge in [0.25, 0.3) is 0 Å². The van der Waals surface area contributed by atoms with Crippen LogP contribution in [0.2, 0.25) is 0 Å². The number of nitrogens with one attached hydrogen (secondary N) is 1. The van der Waals surface area contributed by atoms with Gasteiger partial charge in [0.1, 0.15) is 0 Å². The second-order valence-corrected chi connectivity index (χ2v) is 8.03. The van der Waals surface area contributed by atoms with Crippen molar-refractivity contribution in [2.45, 2.75) is 50.2 Å². The van der Waals surface area contributed by atoms with E-state index in [-0.39, 0.29) is 0 Å². The quantitative estimate of drug-likeness (QED) is 0.827. The van der Waals surface area contributed by atoms with Crippen molar-refractivity contribution >= 4 is 22.7 Å². The maximum atomic E-state index is 10.7. The lowest BCUT2D eigenvalue weighted by molar-refractivity contribution is 0.00267. The monoisotopic (exact) mass is 321 g/mol. The first-order chi connectivity index (χ1) is 10.3. The summed E-state index contributed by atoms with van der Waals surface area (Å²) in [4.78, 5) is 2.76. The molecule has 0 aromatic carbocycles. The van der Waals surface area contributed by atoms with Crippen LogP contribution < -0.4 is 5.32 Å². The lowest BCUT2D eigenvalue weighted by Gasteiger charge is -2.33. The van der Waals surface area contributed by atoms with Crippen LogP contribution in [0.5, 0.6) is 0 Å². The van der Waals surface area contributed by atoms with Gasteiger partial charge in [-0.1, -0.05) is 31.4 Å². The topological polar surface area (TPSA) is 32.3 Å². The zero-order valence-electron chi connectivity index (χ0n) is 12.3. The Morgan fingerprint density at radius 2 is 1.86 bits per heavy atom. The summed E-state index contributed by atoms with van der Waals surface area (Å²) >= 11 is 3.61. The highest BCUT2D eigenvalue weighted by molar-refractivity contribution is 7.10. The Labute approximate surface area is 134 Å². The molecular weight excluding hydrogens is 298 g/mol. The van der Waals surface area contributed by atoms with Crippen molar-refractivity contribution in [2.24, 2.45) is 0 Å². The summed E-state index contributed by atoms with van der Waals surface area (Å²) in [5, 5.41) is 18.6. The Morgan fingerprint density at radius 3 is 2.52 bits per heavy atom. The first kappa shape index (κ1) is 15.2. The van der Waals surface area contributed by atoms with Crippen molar-refractivity contribution in [3.05, 3.63) is 44.8 Å². The van der Waals surface area contributed by atoms with Crippen LogP contribution in [0.15, 0.2) is 35.0 Å². The molecular formula is C17H23NOS2. The number of thiophene rings is 2. The summed E-state index contributed by atoms with van der Waals surface area (Å²) in [6.07, 6.45) is 6.48. The molecule has 0 bridgehead atoms. The highest BCUT2D eigenvalue weighted by Gasteiger charge is 2.30. The summed E-state index contributed by atoms with van der Waals surface area (Å²) in [5.74, 6) is 0. The first-order valence-electron chi connectivity index (χ1n) is 7.77. The third-order valence-corrected chi connectivity index (χ3v) is 6.22. The van der Waals surface area contributed by atoms with E-state index in [1.807, 2.05) is 11.3 Å². The van der Waals surface area contributed by atoms with Crippen molar-refractivity contribution in [2.75, 3.05) is 6.54 Å². The Bertz CT molecular complexity index is 515. The number of hydrogen-bond acceptors (Lipinski definition) is 4. The van der Waals surface area contributed by atoms with Crippen LogP contribution in [0, 0.1) is 0 Å². The van der Waals surface area contributed by atoms with E-state index < -0.39 is 5.60 Å². The fourth-order valence-electron chi connectivity index (χ4n) is 3.09. The standard InChI is InChI=1S/C17H23NOS2/c19-17(8-2-1-3-9-17)13-18-15(16-7-5-11-21-16)12-14-6-4-10-20-14/h4-7,10-11,15,18-19H,1-3,8-9,12-13H2. The van der Waals surface area contributed by atoms with E-state index in [2.05, 4.69) is 40.3 Å². The van der Waals surface area contributed by atoms with Gasteiger partial charge < -0.3 is 10.4 Å². The van der Waals surface area contributed by atoms with E-state index in [4.69, 9.17) is 0 Å². The molecule has 1 fully saturated rings. The predicted molar refractivity (Wildman–Crippen MR) is 91.1 cm³/mol. The SMILES string of the molecule is OC1(CNC(Cc2cccs2)c2cccs2)CCCCC1. The maximum Gasteiger partial charge on any atom is 0.0771 e. The molecule has 1 aliphatic rings. The van der Waals surface area contributed by atoms with Gasteiger partial charge in [0.05, 0.1) is 5.60 Å². The number of hydrogen-bond donors (Lipinski definition) is 2. The Kier molecular flexibility index (Phi) is 5.11. The highest BCUT2D eigenvalue weighted by Crippen LogP contribution is 2.30. The minimum atomic E-state index is -0.497. The van der Waals surface area contributed by atoms with E-state index in [0.717, 1.165) is 32.1 Å². The van der Waals surface area contributed by atoms with Crippen LogP contribution in [0.3, 0.4) is 0 Å². The Morgan fingerprint density at radius 1 is 1.10 bits per heavy atom. The van der Waals surface area contributed by atoms with Crippen molar-refractivity contribution in [1.29, 1.82) is 0 Å². The van der Waals surface area contributed by atoms with Crippen LogP contribution >= 0.6 is 22.7 Å². The third-order valence-electron chi connectivity index (χ3n) is 4.33. The van der Waals surface area contributed by atoms with Crippen molar-refractivity contribution < 1.29 is 5.11 Å². The van der Waals surface area contributed by atoms with E-state index in [0.29, 0.717) is 12.6 Å². The minimum absolute atomic E-state index is 0.314. The zero-order chi connectivity index (χ0) is 14.5. The number of aliphatic hydroxyl groups is 1. The molecule has 1 aliphatic carbocycles. The van der Waals surface area contributed by atoms with Crippen molar-refractivity contribution in [3.63, 3.8) is 0 Å². The van der Waals surface area contributed by atoms with Gasteiger partial charge in [-0.25, -0.2) is 0 Å². The molecule has 1 atom stereocenters. The average molecular weight is 322 g/mol. The van der Waals surface area contributed by atoms with Crippen molar-refractivity contribution in [3.8, 4) is 0 Å². The smallest absolute Gasteiger partial charge is 0.0771 e. The summed E-state index contributed by atoms with van der Waals surface area (Å²) in [7, 11) is 0. The molecule has 0 amide bonds. The van der Waals surface area contributed by atoms with Gasteiger partial charge in [-0.05, 0) is 35.7 Å². The lowest BCUT2D eigenvalue weighted by atomic mass is 9.84. The van der Waals surface area contributed by atoms with Gasteiger partial charge in [0.2, 0.25) is 0 Å².